The molecule has 1 heterocycles. The van der Waals surface area contributed by atoms with Gasteiger partial charge in [0.15, 0.2) is 5.96 Å². The highest BCUT2D eigenvalue weighted by Gasteiger charge is 2.10. The third kappa shape index (κ3) is 12.6. The molecule has 0 aromatic carbocycles. The Labute approximate surface area is 165 Å². The molecule has 0 radical (unpaired) electrons. The highest BCUT2D eigenvalue weighted by Crippen LogP contribution is 2.08. The SMILES string of the molecule is CC(C)CCCCCCNC(=NCC(=O)N(C)C)NCCN1CCOCC1. The summed E-state index contributed by atoms with van der Waals surface area (Å²) < 4.78 is 5.38. The smallest absolute Gasteiger partial charge is 0.243 e. The van der Waals surface area contributed by atoms with E-state index in [-0.39, 0.29) is 12.5 Å². The summed E-state index contributed by atoms with van der Waals surface area (Å²) in [5.41, 5.74) is 0. The first-order valence-electron chi connectivity index (χ1n) is 10.5. The number of unbranched alkanes of at least 4 members (excludes halogenated alkanes) is 3. The zero-order valence-electron chi connectivity index (χ0n) is 17.9. The lowest BCUT2D eigenvalue weighted by Crippen LogP contribution is -2.45. The minimum atomic E-state index is 0.0120. The second kappa shape index (κ2) is 14.7. The number of rotatable bonds is 12. The summed E-state index contributed by atoms with van der Waals surface area (Å²) in [4.78, 5) is 20.2. The van der Waals surface area contributed by atoms with Crippen LogP contribution in [0.5, 0.6) is 0 Å². The average Bonchev–Trinajstić information content (AvgIpc) is 2.64. The van der Waals surface area contributed by atoms with Crippen LogP contribution in [-0.2, 0) is 9.53 Å². The maximum Gasteiger partial charge on any atom is 0.243 e. The van der Waals surface area contributed by atoms with Crippen molar-refractivity contribution >= 4 is 11.9 Å². The molecule has 0 spiro atoms. The van der Waals surface area contributed by atoms with E-state index in [1.807, 2.05) is 0 Å². The zero-order valence-corrected chi connectivity index (χ0v) is 17.9. The zero-order chi connectivity index (χ0) is 19.9. The van der Waals surface area contributed by atoms with Gasteiger partial charge in [0, 0.05) is 46.8 Å². The van der Waals surface area contributed by atoms with Crippen molar-refractivity contribution in [3.63, 3.8) is 0 Å². The number of hydrogen-bond donors (Lipinski definition) is 2. The van der Waals surface area contributed by atoms with Gasteiger partial charge < -0.3 is 20.3 Å². The summed E-state index contributed by atoms with van der Waals surface area (Å²) in [7, 11) is 3.52. The van der Waals surface area contributed by atoms with Crippen LogP contribution in [0, 0.1) is 5.92 Å². The Morgan fingerprint density at radius 3 is 2.41 bits per heavy atom. The Morgan fingerprint density at radius 1 is 1.07 bits per heavy atom. The number of amides is 1. The Hall–Kier alpha value is -1.34. The topological polar surface area (TPSA) is 69.2 Å². The molecular weight excluding hydrogens is 342 g/mol. The first-order chi connectivity index (χ1) is 13.0. The minimum Gasteiger partial charge on any atom is -0.379 e. The van der Waals surface area contributed by atoms with Crippen LogP contribution in [0.3, 0.4) is 0 Å². The highest BCUT2D eigenvalue weighted by atomic mass is 16.5. The standard InChI is InChI=1S/C20H41N5O2/c1-18(2)9-7-5-6-8-10-21-20(23-17-19(26)24(3)4)22-11-12-25-13-15-27-16-14-25/h18H,5-17H2,1-4H3,(H2,21,22,23). The largest absolute Gasteiger partial charge is 0.379 e. The van der Waals surface area contributed by atoms with Crippen molar-refractivity contribution in [1.82, 2.24) is 20.4 Å². The fraction of sp³-hybridized carbons (Fsp3) is 0.900. The van der Waals surface area contributed by atoms with E-state index in [9.17, 15) is 4.79 Å². The number of aliphatic imine (C=N–C) groups is 1. The molecule has 1 amide bonds. The molecule has 1 aliphatic heterocycles. The fourth-order valence-electron chi connectivity index (χ4n) is 2.86. The summed E-state index contributed by atoms with van der Waals surface area (Å²) in [5, 5.41) is 6.74. The van der Waals surface area contributed by atoms with Gasteiger partial charge in [0.1, 0.15) is 6.54 Å². The predicted molar refractivity (Wildman–Crippen MR) is 112 cm³/mol. The van der Waals surface area contributed by atoms with Crippen LogP contribution in [-0.4, -0.2) is 88.2 Å². The van der Waals surface area contributed by atoms with E-state index in [0.717, 1.165) is 64.2 Å². The number of carbonyl (C=O) groups is 1. The van der Waals surface area contributed by atoms with Gasteiger partial charge in [-0.2, -0.15) is 0 Å². The van der Waals surface area contributed by atoms with Crippen molar-refractivity contribution in [2.24, 2.45) is 10.9 Å². The maximum absolute atomic E-state index is 11.8. The quantitative estimate of drug-likeness (QED) is 0.304. The second-order valence-electron chi connectivity index (χ2n) is 7.86. The molecule has 0 aromatic heterocycles. The number of nitrogens with zero attached hydrogens (tertiary/aromatic N) is 3. The minimum absolute atomic E-state index is 0.0120. The Morgan fingerprint density at radius 2 is 1.74 bits per heavy atom. The van der Waals surface area contributed by atoms with Crippen LogP contribution in [0.25, 0.3) is 0 Å². The molecule has 158 valence electrons. The van der Waals surface area contributed by atoms with Crippen LogP contribution in [0.15, 0.2) is 4.99 Å². The van der Waals surface area contributed by atoms with Crippen molar-refractivity contribution in [3.8, 4) is 0 Å². The maximum atomic E-state index is 11.8. The average molecular weight is 384 g/mol. The van der Waals surface area contributed by atoms with Crippen LogP contribution in [0.1, 0.15) is 46.0 Å². The van der Waals surface area contributed by atoms with Gasteiger partial charge in [-0.1, -0.05) is 39.5 Å². The molecule has 0 atom stereocenters. The Bertz CT molecular complexity index is 421. The summed E-state index contributed by atoms with van der Waals surface area (Å²) in [5.74, 6) is 1.55. The van der Waals surface area contributed by atoms with Gasteiger partial charge in [0.2, 0.25) is 5.91 Å². The van der Waals surface area contributed by atoms with Crippen molar-refractivity contribution in [1.29, 1.82) is 0 Å². The predicted octanol–water partition coefficient (Wildman–Crippen LogP) is 1.55. The van der Waals surface area contributed by atoms with E-state index >= 15 is 0 Å². The number of morpholine rings is 1. The first kappa shape index (κ1) is 23.7. The van der Waals surface area contributed by atoms with E-state index in [1.165, 1.54) is 25.7 Å². The van der Waals surface area contributed by atoms with Crippen LogP contribution < -0.4 is 10.6 Å². The lowest BCUT2D eigenvalue weighted by Gasteiger charge is -2.26. The third-order valence-corrected chi connectivity index (χ3v) is 4.70. The number of hydrogen-bond acceptors (Lipinski definition) is 4. The van der Waals surface area contributed by atoms with Gasteiger partial charge in [0.25, 0.3) is 0 Å². The van der Waals surface area contributed by atoms with Gasteiger partial charge >= 0.3 is 0 Å². The molecule has 0 bridgehead atoms. The Kier molecular flexibility index (Phi) is 12.9. The number of ether oxygens (including phenoxy) is 1. The number of likely N-dealkylation sites (N-methyl/N-ethyl adjacent to an activating group) is 1. The molecule has 7 nitrogen and oxygen atoms in total. The molecule has 0 aromatic rings. The summed E-state index contributed by atoms with van der Waals surface area (Å²) >= 11 is 0. The summed E-state index contributed by atoms with van der Waals surface area (Å²) in [6.45, 7) is 11.0. The van der Waals surface area contributed by atoms with Crippen LogP contribution in [0.4, 0.5) is 0 Å². The normalized spacial score (nSPS) is 15.8. The van der Waals surface area contributed by atoms with Gasteiger partial charge in [-0.25, -0.2) is 4.99 Å². The van der Waals surface area contributed by atoms with Crippen molar-refractivity contribution in [3.05, 3.63) is 0 Å². The molecule has 27 heavy (non-hydrogen) atoms. The van der Waals surface area contributed by atoms with E-state index in [2.05, 4.69) is 34.4 Å². The van der Waals surface area contributed by atoms with Crippen LogP contribution in [0.2, 0.25) is 0 Å². The third-order valence-electron chi connectivity index (χ3n) is 4.70. The summed E-state index contributed by atoms with van der Waals surface area (Å²) in [6, 6.07) is 0. The van der Waals surface area contributed by atoms with E-state index < -0.39 is 0 Å². The van der Waals surface area contributed by atoms with Crippen LogP contribution >= 0.6 is 0 Å². The first-order valence-corrected chi connectivity index (χ1v) is 10.5. The van der Waals surface area contributed by atoms with E-state index in [1.54, 1.807) is 19.0 Å². The fourth-order valence-corrected chi connectivity index (χ4v) is 2.86. The summed E-state index contributed by atoms with van der Waals surface area (Å²) in [6.07, 6.45) is 6.28. The molecule has 1 rings (SSSR count). The number of guanidine groups is 1. The molecule has 1 aliphatic rings. The molecular formula is C20H41N5O2. The molecule has 7 heteroatoms. The van der Waals surface area contributed by atoms with E-state index in [0.29, 0.717) is 0 Å². The lowest BCUT2D eigenvalue weighted by atomic mass is 10.0. The molecule has 0 unspecified atom stereocenters. The molecule has 1 saturated heterocycles. The van der Waals surface area contributed by atoms with Crippen molar-refractivity contribution in [2.45, 2.75) is 46.0 Å². The van der Waals surface area contributed by atoms with Crippen molar-refractivity contribution in [2.75, 3.05) is 66.6 Å². The highest BCUT2D eigenvalue weighted by molar-refractivity contribution is 5.84. The number of nitrogens with one attached hydrogen (secondary N) is 2. The van der Waals surface area contributed by atoms with Gasteiger partial charge in [0.05, 0.1) is 13.2 Å². The van der Waals surface area contributed by atoms with Crippen molar-refractivity contribution < 1.29 is 9.53 Å². The van der Waals surface area contributed by atoms with Gasteiger partial charge in [-0.15, -0.1) is 0 Å². The van der Waals surface area contributed by atoms with Gasteiger partial charge in [-0.3, -0.25) is 9.69 Å². The van der Waals surface area contributed by atoms with Gasteiger partial charge in [-0.05, 0) is 12.3 Å². The second-order valence-corrected chi connectivity index (χ2v) is 7.86. The lowest BCUT2D eigenvalue weighted by molar-refractivity contribution is -0.127. The monoisotopic (exact) mass is 383 g/mol. The number of carbonyl (C=O) groups excluding carboxylic acids is 1. The molecule has 1 fully saturated rings. The molecule has 0 aliphatic carbocycles. The Balaban J connectivity index is 2.29. The van der Waals surface area contributed by atoms with E-state index in [4.69, 9.17) is 4.74 Å². The molecule has 0 saturated carbocycles. The molecule has 2 N–H and O–H groups in total.